The summed E-state index contributed by atoms with van der Waals surface area (Å²) in [5.74, 6) is 0.914. The quantitative estimate of drug-likeness (QED) is 0.599. The molecule has 2 rings (SSSR count). The monoisotopic (exact) mass is 251 g/mol. The fourth-order valence-electron chi connectivity index (χ4n) is 1.41. The van der Waals surface area contributed by atoms with E-state index in [1.807, 2.05) is 0 Å². The van der Waals surface area contributed by atoms with Gasteiger partial charge in [0.1, 0.15) is 12.0 Å². The maximum Gasteiger partial charge on any atom is 0.341 e. The number of furan rings is 1. The van der Waals surface area contributed by atoms with Crippen LogP contribution < -0.4 is 5.32 Å². The van der Waals surface area contributed by atoms with Gasteiger partial charge in [-0.25, -0.2) is 4.79 Å². The summed E-state index contributed by atoms with van der Waals surface area (Å²) in [6.07, 6.45) is 3.34. The standard InChI is InChI=1S/C11H13N3O4/c1-16-11(15)8-4-9(17-6-8)5-12-3-2-10-13-7-18-14-10/h4,6-7,12H,2-3,5H2,1H3. The first kappa shape index (κ1) is 12.3. The van der Waals surface area contributed by atoms with Gasteiger partial charge in [-0.3, -0.25) is 0 Å². The number of methoxy groups -OCH3 is 1. The van der Waals surface area contributed by atoms with Gasteiger partial charge in [0, 0.05) is 13.0 Å². The first-order chi connectivity index (χ1) is 8.79. The molecule has 0 bridgehead atoms. The topological polar surface area (TPSA) is 90.4 Å². The first-order valence-electron chi connectivity index (χ1n) is 5.41. The Morgan fingerprint density at radius 3 is 3.17 bits per heavy atom. The smallest absolute Gasteiger partial charge is 0.341 e. The Balaban J connectivity index is 1.73. The van der Waals surface area contributed by atoms with Crippen LogP contribution in [0.2, 0.25) is 0 Å². The summed E-state index contributed by atoms with van der Waals surface area (Å²) >= 11 is 0. The molecule has 0 saturated carbocycles. The number of nitrogens with zero attached hydrogens (tertiary/aromatic N) is 2. The predicted octanol–water partition coefficient (Wildman–Crippen LogP) is 0.782. The summed E-state index contributed by atoms with van der Waals surface area (Å²) in [6.45, 7) is 1.21. The number of esters is 1. The largest absolute Gasteiger partial charge is 0.467 e. The van der Waals surface area contributed by atoms with Gasteiger partial charge in [-0.1, -0.05) is 5.16 Å². The van der Waals surface area contributed by atoms with Crippen LogP contribution in [0.4, 0.5) is 0 Å². The molecule has 0 fully saturated rings. The molecule has 0 saturated heterocycles. The van der Waals surface area contributed by atoms with Gasteiger partial charge in [-0.05, 0) is 6.07 Å². The second-order valence-corrected chi connectivity index (χ2v) is 3.57. The summed E-state index contributed by atoms with van der Waals surface area (Å²) in [5.41, 5.74) is 0.410. The highest BCUT2D eigenvalue weighted by Gasteiger charge is 2.09. The molecule has 0 aliphatic carbocycles. The molecule has 0 amide bonds. The molecule has 0 spiro atoms. The molecular weight excluding hydrogens is 238 g/mol. The molecule has 7 heteroatoms. The predicted molar refractivity (Wildman–Crippen MR) is 59.8 cm³/mol. The second-order valence-electron chi connectivity index (χ2n) is 3.57. The number of ether oxygens (including phenoxy) is 1. The number of hydrogen-bond donors (Lipinski definition) is 1. The van der Waals surface area contributed by atoms with E-state index in [4.69, 9.17) is 4.42 Å². The van der Waals surface area contributed by atoms with Crippen molar-refractivity contribution in [3.8, 4) is 0 Å². The number of nitrogens with one attached hydrogen (secondary N) is 1. The lowest BCUT2D eigenvalue weighted by molar-refractivity contribution is 0.0600. The van der Waals surface area contributed by atoms with E-state index in [1.54, 1.807) is 6.07 Å². The fraction of sp³-hybridized carbons (Fsp3) is 0.364. The summed E-state index contributed by atoms with van der Waals surface area (Å²) in [7, 11) is 1.33. The van der Waals surface area contributed by atoms with Crippen molar-refractivity contribution in [1.29, 1.82) is 0 Å². The van der Waals surface area contributed by atoms with Gasteiger partial charge in [0.2, 0.25) is 6.39 Å². The van der Waals surface area contributed by atoms with Gasteiger partial charge < -0.3 is 19.0 Å². The lowest BCUT2D eigenvalue weighted by atomic mass is 10.3. The molecule has 2 aromatic heterocycles. The molecule has 0 unspecified atom stereocenters. The third-order valence-electron chi connectivity index (χ3n) is 2.31. The summed E-state index contributed by atoms with van der Waals surface area (Å²) < 4.78 is 14.4. The molecule has 0 aromatic carbocycles. The molecule has 0 atom stereocenters. The fourth-order valence-corrected chi connectivity index (χ4v) is 1.41. The van der Waals surface area contributed by atoms with Crippen LogP contribution in [0.5, 0.6) is 0 Å². The molecule has 1 N–H and O–H groups in total. The van der Waals surface area contributed by atoms with E-state index in [-0.39, 0.29) is 0 Å². The van der Waals surface area contributed by atoms with Crippen molar-refractivity contribution in [2.45, 2.75) is 13.0 Å². The van der Waals surface area contributed by atoms with Crippen LogP contribution in [0.1, 0.15) is 21.9 Å². The average molecular weight is 251 g/mol. The summed E-state index contributed by atoms with van der Waals surface area (Å²) in [6, 6.07) is 1.65. The SMILES string of the molecule is COC(=O)c1coc(CNCCc2ncon2)c1. The van der Waals surface area contributed by atoms with Crippen LogP contribution in [-0.2, 0) is 17.7 Å². The van der Waals surface area contributed by atoms with Gasteiger partial charge >= 0.3 is 5.97 Å². The van der Waals surface area contributed by atoms with Gasteiger partial charge in [0.25, 0.3) is 0 Å². The van der Waals surface area contributed by atoms with Crippen LogP contribution in [-0.4, -0.2) is 29.8 Å². The minimum Gasteiger partial charge on any atom is -0.467 e. The first-order valence-corrected chi connectivity index (χ1v) is 5.41. The molecular formula is C11H13N3O4. The Morgan fingerprint density at radius 1 is 1.56 bits per heavy atom. The van der Waals surface area contributed by atoms with Crippen molar-refractivity contribution in [1.82, 2.24) is 15.5 Å². The minimum atomic E-state index is -0.406. The van der Waals surface area contributed by atoms with E-state index >= 15 is 0 Å². The molecule has 18 heavy (non-hydrogen) atoms. The summed E-state index contributed by atoms with van der Waals surface area (Å²) in [4.78, 5) is 15.1. The van der Waals surface area contributed by atoms with E-state index in [0.29, 0.717) is 36.7 Å². The number of aromatic nitrogens is 2. The average Bonchev–Trinajstić information content (AvgIpc) is 3.05. The van der Waals surface area contributed by atoms with Crippen molar-refractivity contribution in [3.05, 3.63) is 35.9 Å². The Morgan fingerprint density at radius 2 is 2.44 bits per heavy atom. The molecule has 2 aromatic rings. The highest BCUT2D eigenvalue weighted by Crippen LogP contribution is 2.08. The van der Waals surface area contributed by atoms with E-state index < -0.39 is 5.97 Å². The number of carbonyl (C=O) groups excluding carboxylic acids is 1. The van der Waals surface area contributed by atoms with Gasteiger partial charge in [0.05, 0.1) is 19.2 Å². The van der Waals surface area contributed by atoms with Crippen molar-refractivity contribution in [2.75, 3.05) is 13.7 Å². The van der Waals surface area contributed by atoms with E-state index in [9.17, 15) is 4.79 Å². The van der Waals surface area contributed by atoms with E-state index in [0.717, 1.165) is 0 Å². The second kappa shape index (κ2) is 5.97. The zero-order valence-corrected chi connectivity index (χ0v) is 9.88. The lowest BCUT2D eigenvalue weighted by Gasteiger charge is -1.99. The Labute approximate surface area is 103 Å². The van der Waals surface area contributed by atoms with Crippen LogP contribution in [0.15, 0.2) is 27.7 Å². The van der Waals surface area contributed by atoms with Crippen LogP contribution >= 0.6 is 0 Å². The van der Waals surface area contributed by atoms with Crippen LogP contribution in [0, 0.1) is 0 Å². The molecule has 96 valence electrons. The van der Waals surface area contributed by atoms with Gasteiger partial charge in [-0.2, -0.15) is 4.98 Å². The zero-order chi connectivity index (χ0) is 12.8. The third kappa shape index (κ3) is 3.17. The Hall–Kier alpha value is -2.15. The number of rotatable bonds is 6. The van der Waals surface area contributed by atoms with Crippen LogP contribution in [0.3, 0.4) is 0 Å². The molecule has 0 aliphatic heterocycles. The van der Waals surface area contributed by atoms with Crippen molar-refractivity contribution < 1.29 is 18.5 Å². The van der Waals surface area contributed by atoms with Gasteiger partial charge in [-0.15, -0.1) is 0 Å². The maximum atomic E-state index is 11.2. The maximum absolute atomic E-state index is 11.2. The van der Waals surface area contributed by atoms with Crippen molar-refractivity contribution in [3.63, 3.8) is 0 Å². The molecule has 0 aliphatic rings. The Kier molecular flexibility index (Phi) is 4.08. The minimum absolute atomic E-state index is 0.406. The lowest BCUT2D eigenvalue weighted by Crippen LogP contribution is -2.16. The molecule has 2 heterocycles. The number of hydrogen-bond acceptors (Lipinski definition) is 7. The Bertz CT molecular complexity index is 492. The third-order valence-corrected chi connectivity index (χ3v) is 2.31. The number of carbonyl (C=O) groups is 1. The van der Waals surface area contributed by atoms with Crippen molar-refractivity contribution in [2.24, 2.45) is 0 Å². The highest BCUT2D eigenvalue weighted by molar-refractivity contribution is 5.88. The molecule has 7 nitrogen and oxygen atoms in total. The van der Waals surface area contributed by atoms with E-state index in [2.05, 4.69) is 24.7 Å². The van der Waals surface area contributed by atoms with Crippen LogP contribution in [0.25, 0.3) is 0 Å². The highest BCUT2D eigenvalue weighted by atomic mass is 16.5. The zero-order valence-electron chi connectivity index (χ0n) is 9.88. The normalized spacial score (nSPS) is 10.5. The van der Waals surface area contributed by atoms with Gasteiger partial charge in [0.15, 0.2) is 5.82 Å². The summed E-state index contributed by atoms with van der Waals surface area (Å²) in [5, 5.41) is 6.83. The van der Waals surface area contributed by atoms with Crippen molar-refractivity contribution >= 4 is 5.97 Å². The molecule has 0 radical (unpaired) electrons. The van der Waals surface area contributed by atoms with E-state index in [1.165, 1.54) is 19.8 Å².